The van der Waals surface area contributed by atoms with Gasteiger partial charge in [-0.15, -0.1) is 0 Å². The molecule has 0 aliphatic heterocycles. The highest BCUT2D eigenvalue weighted by molar-refractivity contribution is 5.96. The van der Waals surface area contributed by atoms with E-state index in [1.54, 1.807) is 36.3 Å². The van der Waals surface area contributed by atoms with Crippen LogP contribution in [0, 0.1) is 5.92 Å². The van der Waals surface area contributed by atoms with Gasteiger partial charge in [-0.1, -0.05) is 32.0 Å². The van der Waals surface area contributed by atoms with Crippen molar-refractivity contribution in [2.45, 2.75) is 13.8 Å². The van der Waals surface area contributed by atoms with E-state index >= 15 is 0 Å². The summed E-state index contributed by atoms with van der Waals surface area (Å²) in [7, 11) is 1.61. The maximum Gasteiger partial charge on any atom is 0.251 e. The van der Waals surface area contributed by atoms with Gasteiger partial charge in [0.15, 0.2) is 0 Å². The van der Waals surface area contributed by atoms with Crippen molar-refractivity contribution >= 4 is 11.8 Å². The lowest BCUT2D eigenvalue weighted by Gasteiger charge is -2.24. The molecular formula is C16H24N2O3. The second kappa shape index (κ2) is 9.13. The molecule has 0 aliphatic carbocycles. The van der Waals surface area contributed by atoms with Crippen molar-refractivity contribution in [3.8, 4) is 0 Å². The number of methoxy groups -OCH3 is 1. The molecule has 116 valence electrons. The number of rotatable bonds is 8. The van der Waals surface area contributed by atoms with Gasteiger partial charge in [0.2, 0.25) is 5.91 Å². The summed E-state index contributed by atoms with van der Waals surface area (Å²) in [4.78, 5) is 25.8. The molecule has 1 rings (SSSR count). The van der Waals surface area contributed by atoms with E-state index in [0.29, 0.717) is 31.2 Å². The highest BCUT2D eigenvalue weighted by Gasteiger charge is 2.15. The normalized spacial score (nSPS) is 10.5. The average Bonchev–Trinajstić information content (AvgIpc) is 2.49. The fraction of sp³-hybridized carbons (Fsp3) is 0.500. The summed E-state index contributed by atoms with van der Waals surface area (Å²) in [5.41, 5.74) is 0.553. The summed E-state index contributed by atoms with van der Waals surface area (Å²) in [6, 6.07) is 8.87. The summed E-state index contributed by atoms with van der Waals surface area (Å²) in [5.74, 6) is 0.0425. The first-order chi connectivity index (χ1) is 10.0. The standard InChI is InChI=1S/C16H24N2O3/c1-13(2)12-18(9-10-21-3)15(19)11-17-16(20)14-7-5-4-6-8-14/h4-8,13H,9-12H2,1-3H3,(H,17,20). The van der Waals surface area contributed by atoms with Crippen LogP contribution in [0.1, 0.15) is 24.2 Å². The van der Waals surface area contributed by atoms with Gasteiger partial charge in [0.1, 0.15) is 0 Å². The molecule has 2 amide bonds. The minimum Gasteiger partial charge on any atom is -0.383 e. The van der Waals surface area contributed by atoms with Gasteiger partial charge in [0.05, 0.1) is 13.2 Å². The Kier molecular flexibility index (Phi) is 7.46. The molecule has 0 saturated carbocycles. The lowest BCUT2D eigenvalue weighted by molar-refractivity contribution is -0.131. The Morgan fingerprint density at radius 2 is 1.90 bits per heavy atom. The van der Waals surface area contributed by atoms with Crippen molar-refractivity contribution in [2.75, 3.05) is 33.4 Å². The van der Waals surface area contributed by atoms with Crippen LogP contribution < -0.4 is 5.32 Å². The van der Waals surface area contributed by atoms with E-state index in [-0.39, 0.29) is 18.4 Å². The van der Waals surface area contributed by atoms with Gasteiger partial charge < -0.3 is 15.0 Å². The maximum atomic E-state index is 12.2. The van der Waals surface area contributed by atoms with Crippen molar-refractivity contribution in [3.05, 3.63) is 35.9 Å². The van der Waals surface area contributed by atoms with Crippen LogP contribution in [0.3, 0.4) is 0 Å². The maximum absolute atomic E-state index is 12.2. The Labute approximate surface area is 126 Å². The number of hydrogen-bond acceptors (Lipinski definition) is 3. The average molecular weight is 292 g/mol. The van der Waals surface area contributed by atoms with E-state index in [9.17, 15) is 9.59 Å². The largest absolute Gasteiger partial charge is 0.383 e. The van der Waals surface area contributed by atoms with Crippen molar-refractivity contribution < 1.29 is 14.3 Å². The van der Waals surface area contributed by atoms with Gasteiger partial charge in [-0.05, 0) is 18.1 Å². The first-order valence-electron chi connectivity index (χ1n) is 7.14. The van der Waals surface area contributed by atoms with E-state index in [2.05, 4.69) is 19.2 Å². The zero-order valence-corrected chi connectivity index (χ0v) is 13.0. The number of benzene rings is 1. The quantitative estimate of drug-likeness (QED) is 0.791. The smallest absolute Gasteiger partial charge is 0.251 e. The molecule has 1 aromatic rings. The number of carbonyl (C=O) groups is 2. The third-order valence-corrected chi connectivity index (χ3v) is 2.94. The van der Waals surface area contributed by atoms with Crippen molar-refractivity contribution in [1.29, 1.82) is 0 Å². The van der Waals surface area contributed by atoms with Gasteiger partial charge in [0.25, 0.3) is 5.91 Å². The Bertz CT molecular complexity index is 446. The number of nitrogens with zero attached hydrogens (tertiary/aromatic N) is 1. The first-order valence-corrected chi connectivity index (χ1v) is 7.14. The number of carbonyl (C=O) groups excluding carboxylic acids is 2. The molecule has 0 saturated heterocycles. The van der Waals surface area contributed by atoms with Gasteiger partial charge in [0, 0.05) is 25.8 Å². The lowest BCUT2D eigenvalue weighted by Crippen LogP contribution is -2.43. The molecule has 0 bridgehead atoms. The molecule has 0 spiro atoms. The third-order valence-electron chi connectivity index (χ3n) is 2.94. The van der Waals surface area contributed by atoms with Crippen LogP contribution in [-0.4, -0.2) is 50.1 Å². The van der Waals surface area contributed by atoms with Crippen molar-refractivity contribution in [3.63, 3.8) is 0 Å². The van der Waals surface area contributed by atoms with Crippen LogP contribution >= 0.6 is 0 Å². The fourth-order valence-corrected chi connectivity index (χ4v) is 1.92. The molecule has 0 aliphatic rings. The molecule has 0 unspecified atom stereocenters. The van der Waals surface area contributed by atoms with Crippen LogP contribution in [0.15, 0.2) is 30.3 Å². The summed E-state index contributed by atoms with van der Waals surface area (Å²) in [6.45, 7) is 5.79. The summed E-state index contributed by atoms with van der Waals surface area (Å²) in [5, 5.41) is 2.66. The van der Waals surface area contributed by atoms with E-state index < -0.39 is 0 Å². The molecule has 0 fully saturated rings. The predicted octanol–water partition coefficient (Wildman–Crippen LogP) is 1.55. The van der Waals surface area contributed by atoms with Gasteiger partial charge in [-0.3, -0.25) is 9.59 Å². The molecule has 5 heteroatoms. The van der Waals surface area contributed by atoms with Crippen LogP contribution in [0.25, 0.3) is 0 Å². The third kappa shape index (κ3) is 6.40. The zero-order chi connectivity index (χ0) is 15.7. The Balaban J connectivity index is 2.50. The Hall–Kier alpha value is -1.88. The topological polar surface area (TPSA) is 58.6 Å². The van der Waals surface area contributed by atoms with E-state index in [1.165, 1.54) is 0 Å². The number of ether oxygens (including phenoxy) is 1. The van der Waals surface area contributed by atoms with E-state index in [0.717, 1.165) is 0 Å². The summed E-state index contributed by atoms with van der Waals surface area (Å²) < 4.78 is 5.02. The van der Waals surface area contributed by atoms with Crippen molar-refractivity contribution in [2.24, 2.45) is 5.92 Å². The van der Waals surface area contributed by atoms with E-state index in [1.807, 2.05) is 6.07 Å². The predicted molar refractivity (Wildman–Crippen MR) is 82.1 cm³/mol. The number of hydrogen-bond donors (Lipinski definition) is 1. The highest BCUT2D eigenvalue weighted by atomic mass is 16.5. The molecule has 1 aromatic carbocycles. The Morgan fingerprint density at radius 1 is 1.24 bits per heavy atom. The van der Waals surface area contributed by atoms with Crippen LogP contribution in [-0.2, 0) is 9.53 Å². The Morgan fingerprint density at radius 3 is 2.48 bits per heavy atom. The zero-order valence-electron chi connectivity index (χ0n) is 13.0. The highest BCUT2D eigenvalue weighted by Crippen LogP contribution is 2.01. The molecule has 0 radical (unpaired) electrons. The second-order valence-electron chi connectivity index (χ2n) is 5.28. The monoisotopic (exact) mass is 292 g/mol. The molecule has 21 heavy (non-hydrogen) atoms. The molecule has 0 aromatic heterocycles. The van der Waals surface area contributed by atoms with Crippen LogP contribution in [0.5, 0.6) is 0 Å². The van der Waals surface area contributed by atoms with Crippen LogP contribution in [0.4, 0.5) is 0 Å². The number of amides is 2. The minimum atomic E-state index is -0.236. The lowest BCUT2D eigenvalue weighted by atomic mass is 10.2. The van der Waals surface area contributed by atoms with Crippen LogP contribution in [0.2, 0.25) is 0 Å². The number of nitrogens with one attached hydrogen (secondary N) is 1. The van der Waals surface area contributed by atoms with Crippen molar-refractivity contribution in [1.82, 2.24) is 10.2 Å². The SMILES string of the molecule is COCCN(CC(C)C)C(=O)CNC(=O)c1ccccc1. The first kappa shape index (κ1) is 17.2. The minimum absolute atomic E-state index is 0.00413. The molecule has 0 atom stereocenters. The van der Waals surface area contributed by atoms with E-state index in [4.69, 9.17) is 4.74 Å². The second-order valence-corrected chi connectivity index (χ2v) is 5.28. The van der Waals surface area contributed by atoms with Gasteiger partial charge in [-0.25, -0.2) is 0 Å². The molecule has 1 N–H and O–H groups in total. The molecular weight excluding hydrogens is 268 g/mol. The fourth-order valence-electron chi connectivity index (χ4n) is 1.92. The molecule has 0 heterocycles. The summed E-state index contributed by atoms with van der Waals surface area (Å²) >= 11 is 0. The summed E-state index contributed by atoms with van der Waals surface area (Å²) in [6.07, 6.45) is 0. The molecule has 5 nitrogen and oxygen atoms in total. The van der Waals surface area contributed by atoms with Gasteiger partial charge in [-0.2, -0.15) is 0 Å². The van der Waals surface area contributed by atoms with Gasteiger partial charge >= 0.3 is 0 Å².